The van der Waals surface area contributed by atoms with E-state index in [0.29, 0.717) is 30.3 Å². The number of anilines is 1. The van der Waals surface area contributed by atoms with Crippen LogP contribution in [0.4, 0.5) is 5.69 Å². The van der Waals surface area contributed by atoms with Crippen molar-refractivity contribution in [1.82, 2.24) is 0 Å². The van der Waals surface area contributed by atoms with Crippen molar-refractivity contribution in [3.05, 3.63) is 23.2 Å². The van der Waals surface area contributed by atoms with Crippen molar-refractivity contribution in [2.45, 2.75) is 12.5 Å². The fraction of sp³-hybridized carbons (Fsp3) is 0.455. The zero-order valence-electron chi connectivity index (χ0n) is 9.24. The van der Waals surface area contributed by atoms with Crippen LogP contribution in [-0.4, -0.2) is 31.4 Å². The quantitative estimate of drug-likeness (QED) is 0.709. The van der Waals surface area contributed by atoms with Crippen molar-refractivity contribution in [2.75, 3.05) is 25.5 Å². The SMILES string of the molecule is COc1ccc(Cl)cc1NCC(O)CCN. The third-order valence-electron chi connectivity index (χ3n) is 2.19. The van der Waals surface area contributed by atoms with E-state index in [2.05, 4.69) is 5.32 Å². The zero-order chi connectivity index (χ0) is 12.0. The second-order valence-electron chi connectivity index (χ2n) is 3.46. The normalized spacial score (nSPS) is 12.2. The van der Waals surface area contributed by atoms with Crippen LogP contribution in [0.1, 0.15) is 6.42 Å². The highest BCUT2D eigenvalue weighted by molar-refractivity contribution is 6.30. The van der Waals surface area contributed by atoms with Gasteiger partial charge in [-0.1, -0.05) is 11.6 Å². The van der Waals surface area contributed by atoms with Gasteiger partial charge in [-0.15, -0.1) is 0 Å². The summed E-state index contributed by atoms with van der Waals surface area (Å²) in [6, 6.07) is 5.29. The number of hydrogen-bond acceptors (Lipinski definition) is 4. The fourth-order valence-corrected chi connectivity index (χ4v) is 1.51. The van der Waals surface area contributed by atoms with Crippen LogP contribution in [-0.2, 0) is 0 Å². The van der Waals surface area contributed by atoms with Crippen molar-refractivity contribution in [3.63, 3.8) is 0 Å². The van der Waals surface area contributed by atoms with Crippen LogP contribution in [0, 0.1) is 0 Å². The number of nitrogens with one attached hydrogen (secondary N) is 1. The van der Waals surface area contributed by atoms with Gasteiger partial charge in [0.05, 0.1) is 18.9 Å². The number of nitrogens with two attached hydrogens (primary N) is 1. The molecule has 0 saturated carbocycles. The van der Waals surface area contributed by atoms with Gasteiger partial charge in [0.1, 0.15) is 5.75 Å². The third-order valence-corrected chi connectivity index (χ3v) is 2.42. The Balaban J connectivity index is 2.61. The molecule has 0 bridgehead atoms. The molecule has 0 aliphatic rings. The molecule has 0 spiro atoms. The summed E-state index contributed by atoms with van der Waals surface area (Å²) in [4.78, 5) is 0. The largest absolute Gasteiger partial charge is 0.495 e. The van der Waals surface area contributed by atoms with Crippen LogP contribution >= 0.6 is 11.6 Å². The number of halogens is 1. The summed E-state index contributed by atoms with van der Waals surface area (Å²) in [7, 11) is 1.59. The predicted octanol–water partition coefficient (Wildman–Crippen LogP) is 1.47. The Morgan fingerprint density at radius 2 is 2.31 bits per heavy atom. The first-order chi connectivity index (χ1) is 7.67. The highest BCUT2D eigenvalue weighted by atomic mass is 35.5. The zero-order valence-corrected chi connectivity index (χ0v) is 10.00. The molecule has 1 atom stereocenters. The second kappa shape index (κ2) is 6.58. The summed E-state index contributed by atoms with van der Waals surface area (Å²) < 4.78 is 5.17. The second-order valence-corrected chi connectivity index (χ2v) is 3.89. The third kappa shape index (κ3) is 3.89. The molecule has 4 N–H and O–H groups in total. The van der Waals surface area contributed by atoms with Gasteiger partial charge in [-0.05, 0) is 31.2 Å². The lowest BCUT2D eigenvalue weighted by molar-refractivity contribution is 0.180. The number of benzene rings is 1. The minimum Gasteiger partial charge on any atom is -0.495 e. The Morgan fingerprint density at radius 3 is 2.94 bits per heavy atom. The Labute approximate surface area is 100 Å². The molecule has 1 unspecified atom stereocenters. The molecule has 16 heavy (non-hydrogen) atoms. The predicted molar refractivity (Wildman–Crippen MR) is 66.2 cm³/mol. The van der Waals surface area contributed by atoms with Crippen molar-refractivity contribution in [3.8, 4) is 5.75 Å². The Kier molecular flexibility index (Phi) is 5.38. The number of hydrogen-bond donors (Lipinski definition) is 3. The van der Waals surface area contributed by atoms with E-state index in [1.165, 1.54) is 0 Å². The molecule has 1 aromatic rings. The highest BCUT2D eigenvalue weighted by Gasteiger charge is 2.06. The number of aliphatic hydroxyl groups is 1. The molecule has 0 aromatic heterocycles. The first-order valence-corrected chi connectivity index (χ1v) is 5.50. The van der Waals surface area contributed by atoms with E-state index in [4.69, 9.17) is 22.1 Å². The van der Waals surface area contributed by atoms with Crippen molar-refractivity contribution < 1.29 is 9.84 Å². The molecule has 0 aliphatic carbocycles. The standard InChI is InChI=1S/C11H17ClN2O2/c1-16-11-3-2-8(12)6-10(11)14-7-9(15)4-5-13/h2-3,6,9,14-15H,4-5,7,13H2,1H3. The van der Waals surface area contributed by atoms with Gasteiger partial charge in [-0.25, -0.2) is 0 Å². The maximum atomic E-state index is 9.53. The molecular weight excluding hydrogens is 228 g/mol. The summed E-state index contributed by atoms with van der Waals surface area (Å²) in [6.07, 6.45) is 0.101. The van der Waals surface area contributed by atoms with E-state index in [9.17, 15) is 5.11 Å². The first kappa shape index (κ1) is 13.1. The number of ether oxygens (including phenoxy) is 1. The average Bonchev–Trinajstić information content (AvgIpc) is 2.27. The average molecular weight is 245 g/mol. The molecule has 0 saturated heterocycles. The van der Waals surface area contributed by atoms with E-state index >= 15 is 0 Å². The van der Waals surface area contributed by atoms with Crippen LogP contribution in [0.15, 0.2) is 18.2 Å². The summed E-state index contributed by atoms with van der Waals surface area (Å²) >= 11 is 5.87. The van der Waals surface area contributed by atoms with Gasteiger partial charge >= 0.3 is 0 Å². The van der Waals surface area contributed by atoms with E-state index < -0.39 is 6.10 Å². The smallest absolute Gasteiger partial charge is 0.142 e. The summed E-state index contributed by atoms with van der Waals surface area (Å²) in [5.74, 6) is 0.698. The number of methoxy groups -OCH3 is 1. The van der Waals surface area contributed by atoms with E-state index in [1.54, 1.807) is 25.3 Å². The lowest BCUT2D eigenvalue weighted by Gasteiger charge is -2.14. The van der Waals surface area contributed by atoms with Crippen molar-refractivity contribution in [2.24, 2.45) is 5.73 Å². The molecule has 0 amide bonds. The molecular formula is C11H17ClN2O2. The minimum atomic E-state index is -0.464. The van der Waals surface area contributed by atoms with Gasteiger partial charge in [-0.3, -0.25) is 0 Å². The van der Waals surface area contributed by atoms with E-state index in [1.807, 2.05) is 0 Å². The van der Waals surface area contributed by atoms with Gasteiger partial charge in [0.2, 0.25) is 0 Å². The molecule has 0 radical (unpaired) electrons. The molecule has 4 nitrogen and oxygen atoms in total. The number of aliphatic hydroxyl groups excluding tert-OH is 1. The van der Waals surface area contributed by atoms with Crippen LogP contribution in [0.3, 0.4) is 0 Å². The summed E-state index contributed by atoms with van der Waals surface area (Å²) in [6.45, 7) is 0.892. The number of rotatable bonds is 6. The highest BCUT2D eigenvalue weighted by Crippen LogP contribution is 2.27. The van der Waals surface area contributed by atoms with Crippen LogP contribution in [0.25, 0.3) is 0 Å². The maximum Gasteiger partial charge on any atom is 0.142 e. The first-order valence-electron chi connectivity index (χ1n) is 5.13. The lowest BCUT2D eigenvalue weighted by atomic mass is 10.2. The van der Waals surface area contributed by atoms with E-state index in [-0.39, 0.29) is 0 Å². The monoisotopic (exact) mass is 244 g/mol. The molecule has 0 heterocycles. The molecule has 5 heteroatoms. The summed E-state index contributed by atoms with van der Waals surface area (Å²) in [5.41, 5.74) is 6.11. The lowest BCUT2D eigenvalue weighted by Crippen LogP contribution is -2.22. The maximum absolute atomic E-state index is 9.53. The van der Waals surface area contributed by atoms with Gasteiger partial charge in [0, 0.05) is 11.6 Å². The Hall–Kier alpha value is -0.970. The molecule has 90 valence electrons. The molecule has 1 aromatic carbocycles. The topological polar surface area (TPSA) is 67.5 Å². The minimum absolute atomic E-state index is 0.425. The van der Waals surface area contributed by atoms with Crippen molar-refractivity contribution in [1.29, 1.82) is 0 Å². The van der Waals surface area contributed by atoms with Crippen LogP contribution in [0.2, 0.25) is 5.02 Å². The van der Waals surface area contributed by atoms with Gasteiger partial charge < -0.3 is 20.9 Å². The molecule has 0 aliphatic heterocycles. The Morgan fingerprint density at radius 1 is 1.56 bits per heavy atom. The van der Waals surface area contributed by atoms with Crippen LogP contribution in [0.5, 0.6) is 5.75 Å². The van der Waals surface area contributed by atoms with Crippen molar-refractivity contribution >= 4 is 17.3 Å². The van der Waals surface area contributed by atoms with Crippen LogP contribution < -0.4 is 15.8 Å². The van der Waals surface area contributed by atoms with E-state index in [0.717, 1.165) is 5.69 Å². The fourth-order valence-electron chi connectivity index (χ4n) is 1.34. The summed E-state index contributed by atoms with van der Waals surface area (Å²) in [5, 5.41) is 13.2. The molecule has 1 rings (SSSR count). The van der Waals surface area contributed by atoms with Gasteiger partial charge in [-0.2, -0.15) is 0 Å². The van der Waals surface area contributed by atoms with Gasteiger partial charge in [0.15, 0.2) is 0 Å². The van der Waals surface area contributed by atoms with Gasteiger partial charge in [0.25, 0.3) is 0 Å². The molecule has 0 fully saturated rings. The Bertz CT molecular complexity index is 334.